The molecule has 96 valence electrons. The Kier molecular flexibility index (Phi) is 3.86. The summed E-state index contributed by atoms with van der Waals surface area (Å²) in [6.45, 7) is 0.671. The summed E-state index contributed by atoms with van der Waals surface area (Å²) in [7, 11) is 1.89. The molecule has 0 spiro atoms. The SMILES string of the molecule is Cn1nccc1CCNc1cc(F)c(Br)cc1N. The Morgan fingerprint density at radius 2 is 2.28 bits per heavy atom. The maximum atomic E-state index is 13.4. The third kappa shape index (κ3) is 2.81. The van der Waals surface area contributed by atoms with Crippen molar-refractivity contribution in [1.82, 2.24) is 9.78 Å². The van der Waals surface area contributed by atoms with E-state index in [-0.39, 0.29) is 5.82 Å². The third-order valence-corrected chi connectivity index (χ3v) is 3.32. The first-order chi connectivity index (χ1) is 8.58. The number of anilines is 2. The molecule has 2 aromatic rings. The molecule has 2 rings (SSSR count). The van der Waals surface area contributed by atoms with Gasteiger partial charge in [0.15, 0.2) is 0 Å². The number of nitrogens with two attached hydrogens (primary N) is 1. The second-order valence-corrected chi connectivity index (χ2v) is 4.83. The van der Waals surface area contributed by atoms with Crippen molar-refractivity contribution in [2.24, 2.45) is 7.05 Å². The van der Waals surface area contributed by atoms with Gasteiger partial charge in [0.1, 0.15) is 5.82 Å². The maximum Gasteiger partial charge on any atom is 0.139 e. The molecule has 0 unspecified atom stereocenters. The van der Waals surface area contributed by atoms with Crippen molar-refractivity contribution in [1.29, 1.82) is 0 Å². The van der Waals surface area contributed by atoms with E-state index in [1.165, 1.54) is 6.07 Å². The fourth-order valence-corrected chi connectivity index (χ4v) is 2.05. The maximum absolute atomic E-state index is 13.4. The molecule has 0 aliphatic heterocycles. The van der Waals surface area contributed by atoms with Crippen LogP contribution in [0.4, 0.5) is 15.8 Å². The Balaban J connectivity index is 1.99. The van der Waals surface area contributed by atoms with E-state index in [0.717, 1.165) is 12.1 Å². The lowest BCUT2D eigenvalue weighted by Gasteiger charge is -2.10. The van der Waals surface area contributed by atoms with Crippen LogP contribution < -0.4 is 11.1 Å². The number of aryl methyl sites for hydroxylation is 1. The Morgan fingerprint density at radius 1 is 1.50 bits per heavy atom. The average molecular weight is 313 g/mol. The quantitative estimate of drug-likeness (QED) is 0.853. The van der Waals surface area contributed by atoms with Crippen LogP contribution in [-0.2, 0) is 13.5 Å². The van der Waals surface area contributed by atoms with Gasteiger partial charge in [-0.2, -0.15) is 5.10 Å². The van der Waals surface area contributed by atoms with Gasteiger partial charge in [-0.25, -0.2) is 4.39 Å². The van der Waals surface area contributed by atoms with Crippen molar-refractivity contribution >= 4 is 27.3 Å². The zero-order valence-electron chi connectivity index (χ0n) is 9.95. The van der Waals surface area contributed by atoms with Crippen LogP contribution >= 0.6 is 15.9 Å². The van der Waals surface area contributed by atoms with Crippen LogP contribution in [0.5, 0.6) is 0 Å². The molecule has 18 heavy (non-hydrogen) atoms. The summed E-state index contributed by atoms with van der Waals surface area (Å²) in [5.41, 5.74) is 8.04. The molecule has 0 aliphatic carbocycles. The van der Waals surface area contributed by atoms with Gasteiger partial charge in [-0.1, -0.05) is 0 Å². The molecule has 0 saturated heterocycles. The Bertz CT molecular complexity index is 553. The molecule has 0 radical (unpaired) electrons. The van der Waals surface area contributed by atoms with Crippen molar-refractivity contribution in [3.05, 3.63) is 40.4 Å². The van der Waals surface area contributed by atoms with E-state index in [1.807, 2.05) is 17.8 Å². The number of rotatable bonds is 4. The van der Waals surface area contributed by atoms with E-state index >= 15 is 0 Å². The molecule has 0 bridgehead atoms. The van der Waals surface area contributed by atoms with Crippen molar-refractivity contribution in [2.45, 2.75) is 6.42 Å². The molecule has 4 nitrogen and oxygen atoms in total. The van der Waals surface area contributed by atoms with E-state index in [0.29, 0.717) is 22.4 Å². The predicted octanol–water partition coefficient (Wildman–Crippen LogP) is 2.56. The lowest BCUT2D eigenvalue weighted by molar-refractivity contribution is 0.621. The molecule has 0 amide bonds. The van der Waals surface area contributed by atoms with Gasteiger partial charge in [-0.05, 0) is 28.1 Å². The topological polar surface area (TPSA) is 55.9 Å². The lowest BCUT2D eigenvalue weighted by Crippen LogP contribution is -2.09. The van der Waals surface area contributed by atoms with Crippen LogP contribution in [0.15, 0.2) is 28.9 Å². The molecule has 0 aliphatic rings. The minimum absolute atomic E-state index is 0.327. The van der Waals surface area contributed by atoms with Gasteiger partial charge in [0.2, 0.25) is 0 Å². The first-order valence-corrected chi connectivity index (χ1v) is 6.32. The Morgan fingerprint density at radius 3 is 2.94 bits per heavy atom. The fraction of sp³-hybridized carbons (Fsp3) is 0.250. The largest absolute Gasteiger partial charge is 0.397 e. The number of nitrogens with one attached hydrogen (secondary N) is 1. The highest BCUT2D eigenvalue weighted by molar-refractivity contribution is 9.10. The number of hydrogen-bond acceptors (Lipinski definition) is 3. The van der Waals surface area contributed by atoms with Gasteiger partial charge in [0.25, 0.3) is 0 Å². The number of aromatic nitrogens is 2. The molecule has 0 fully saturated rings. The zero-order chi connectivity index (χ0) is 13.1. The lowest BCUT2D eigenvalue weighted by atomic mass is 10.2. The minimum Gasteiger partial charge on any atom is -0.397 e. The van der Waals surface area contributed by atoms with Crippen LogP contribution in [0, 0.1) is 5.82 Å². The van der Waals surface area contributed by atoms with E-state index in [9.17, 15) is 4.39 Å². The van der Waals surface area contributed by atoms with Crippen LogP contribution in [0.25, 0.3) is 0 Å². The third-order valence-electron chi connectivity index (χ3n) is 2.71. The average Bonchev–Trinajstić information content (AvgIpc) is 2.72. The Labute approximate surface area is 113 Å². The number of halogens is 2. The summed E-state index contributed by atoms with van der Waals surface area (Å²) in [5, 5.41) is 7.20. The van der Waals surface area contributed by atoms with Gasteiger partial charge >= 0.3 is 0 Å². The highest BCUT2D eigenvalue weighted by Crippen LogP contribution is 2.26. The number of hydrogen-bond donors (Lipinski definition) is 2. The second kappa shape index (κ2) is 5.39. The first-order valence-electron chi connectivity index (χ1n) is 5.53. The molecule has 3 N–H and O–H groups in total. The van der Waals surface area contributed by atoms with Gasteiger partial charge in [-0.3, -0.25) is 4.68 Å². The summed E-state index contributed by atoms with van der Waals surface area (Å²) in [6, 6.07) is 4.90. The van der Waals surface area contributed by atoms with E-state index in [2.05, 4.69) is 26.3 Å². The zero-order valence-corrected chi connectivity index (χ0v) is 11.5. The molecule has 1 aromatic heterocycles. The molecule has 1 aromatic carbocycles. The molecule has 0 saturated carbocycles. The predicted molar refractivity (Wildman–Crippen MR) is 73.9 cm³/mol. The van der Waals surface area contributed by atoms with Crippen molar-refractivity contribution < 1.29 is 4.39 Å². The summed E-state index contributed by atoms with van der Waals surface area (Å²) >= 11 is 3.10. The smallest absolute Gasteiger partial charge is 0.139 e. The molecule has 1 heterocycles. The normalized spacial score (nSPS) is 10.6. The van der Waals surface area contributed by atoms with Crippen LogP contribution in [-0.4, -0.2) is 16.3 Å². The van der Waals surface area contributed by atoms with Gasteiger partial charge in [0, 0.05) is 38.0 Å². The number of nitrogens with zero attached hydrogens (tertiary/aromatic N) is 2. The standard InChI is InChI=1S/C12H14BrFN4/c1-18-8(3-5-17-18)2-4-16-12-7-10(14)9(13)6-11(12)15/h3,5-7,16H,2,4,15H2,1H3. The van der Waals surface area contributed by atoms with Crippen LogP contribution in [0.3, 0.4) is 0 Å². The van der Waals surface area contributed by atoms with Crippen LogP contribution in [0.1, 0.15) is 5.69 Å². The monoisotopic (exact) mass is 312 g/mol. The van der Waals surface area contributed by atoms with Crippen molar-refractivity contribution in [3.63, 3.8) is 0 Å². The van der Waals surface area contributed by atoms with E-state index in [1.54, 1.807) is 12.3 Å². The fourth-order valence-electron chi connectivity index (χ4n) is 1.69. The highest BCUT2D eigenvalue weighted by Gasteiger charge is 2.06. The number of benzene rings is 1. The minimum atomic E-state index is -0.327. The molecule has 6 heteroatoms. The van der Waals surface area contributed by atoms with Gasteiger partial charge in [-0.15, -0.1) is 0 Å². The number of nitrogen functional groups attached to an aromatic ring is 1. The Hall–Kier alpha value is -1.56. The summed E-state index contributed by atoms with van der Waals surface area (Å²) in [6.07, 6.45) is 2.55. The van der Waals surface area contributed by atoms with E-state index < -0.39 is 0 Å². The van der Waals surface area contributed by atoms with Gasteiger partial charge < -0.3 is 11.1 Å². The van der Waals surface area contributed by atoms with Crippen LogP contribution in [0.2, 0.25) is 0 Å². The highest BCUT2D eigenvalue weighted by atomic mass is 79.9. The van der Waals surface area contributed by atoms with Gasteiger partial charge in [0.05, 0.1) is 15.8 Å². The van der Waals surface area contributed by atoms with Crippen molar-refractivity contribution in [2.75, 3.05) is 17.6 Å². The molecular weight excluding hydrogens is 299 g/mol. The molecular formula is C12H14BrFN4. The summed E-state index contributed by atoms with van der Waals surface area (Å²) < 4.78 is 15.6. The van der Waals surface area contributed by atoms with Crippen molar-refractivity contribution in [3.8, 4) is 0 Å². The summed E-state index contributed by atoms with van der Waals surface area (Å²) in [5.74, 6) is -0.327. The molecule has 0 atom stereocenters. The summed E-state index contributed by atoms with van der Waals surface area (Å²) in [4.78, 5) is 0. The second-order valence-electron chi connectivity index (χ2n) is 3.98. The van der Waals surface area contributed by atoms with E-state index in [4.69, 9.17) is 5.73 Å². The first kappa shape index (κ1) is 12.9.